The summed E-state index contributed by atoms with van der Waals surface area (Å²) < 4.78 is 37.1. The largest absolute Gasteiger partial charge is 0.394 e. The average Bonchev–Trinajstić information content (AvgIpc) is 2.76. The Morgan fingerprint density at radius 2 is 1.59 bits per heavy atom. The molecule has 2 spiro atoms. The zero-order valence-corrected chi connectivity index (χ0v) is 17.4. The molecule has 4 saturated heterocycles. The van der Waals surface area contributed by atoms with Gasteiger partial charge in [0.05, 0.1) is 19.8 Å². The van der Waals surface area contributed by atoms with E-state index in [1.165, 1.54) is 0 Å². The van der Waals surface area contributed by atoms with Crippen molar-refractivity contribution in [2.24, 2.45) is 0 Å². The summed E-state index contributed by atoms with van der Waals surface area (Å²) in [6.45, 7) is 3.50. The third-order valence-electron chi connectivity index (χ3n) is 6.53. The second-order valence-corrected chi connectivity index (χ2v) is 8.58. The highest BCUT2D eigenvalue weighted by molar-refractivity contribution is 5.04. The third-order valence-corrected chi connectivity index (χ3v) is 6.53. The average molecular weight is 417 g/mol. The summed E-state index contributed by atoms with van der Waals surface area (Å²) in [4.78, 5) is 0. The zero-order valence-electron chi connectivity index (χ0n) is 17.4. The van der Waals surface area contributed by atoms with Crippen LogP contribution in [-0.4, -0.2) is 78.9 Å². The quantitative estimate of drug-likeness (QED) is 0.634. The van der Waals surface area contributed by atoms with Gasteiger partial charge in [-0.2, -0.15) is 0 Å². The van der Waals surface area contributed by atoms with Crippen LogP contribution in [0.2, 0.25) is 0 Å². The molecule has 0 unspecified atom stereocenters. The van der Waals surface area contributed by atoms with E-state index < -0.39 is 42.3 Å². The van der Waals surface area contributed by atoms with E-state index in [2.05, 4.69) is 6.92 Å². The molecule has 4 heterocycles. The number of fused-ring (bicyclic) bond motifs is 2. The van der Waals surface area contributed by atoms with Crippen molar-refractivity contribution in [1.82, 2.24) is 0 Å². The van der Waals surface area contributed by atoms with Gasteiger partial charge >= 0.3 is 0 Å². The van der Waals surface area contributed by atoms with Crippen LogP contribution in [0.1, 0.15) is 64.7 Å². The first-order valence-corrected chi connectivity index (χ1v) is 11.3. The van der Waals surface area contributed by atoms with Crippen LogP contribution in [0.5, 0.6) is 0 Å². The fourth-order valence-corrected chi connectivity index (χ4v) is 4.95. The molecular weight excluding hydrogens is 380 g/mol. The van der Waals surface area contributed by atoms with E-state index in [1.807, 2.05) is 0 Å². The highest BCUT2D eigenvalue weighted by Gasteiger charge is 2.67. The summed E-state index contributed by atoms with van der Waals surface area (Å²) >= 11 is 0. The maximum atomic E-state index is 11.0. The minimum atomic E-state index is -1.04. The van der Waals surface area contributed by atoms with Crippen molar-refractivity contribution >= 4 is 0 Å². The van der Waals surface area contributed by atoms with E-state index in [1.54, 1.807) is 0 Å². The normalized spacial score (nSPS) is 45.4. The van der Waals surface area contributed by atoms with Crippen LogP contribution in [0.4, 0.5) is 0 Å². The van der Waals surface area contributed by atoms with Gasteiger partial charge in [0.2, 0.25) is 11.6 Å². The molecule has 0 aromatic rings. The first-order chi connectivity index (χ1) is 14.1. The molecule has 7 atom stereocenters. The second-order valence-electron chi connectivity index (χ2n) is 8.58. The monoisotopic (exact) mass is 416 g/mol. The molecule has 0 saturated carbocycles. The highest BCUT2D eigenvalue weighted by Crippen LogP contribution is 2.51. The van der Waals surface area contributed by atoms with Gasteiger partial charge in [-0.1, -0.05) is 19.8 Å². The summed E-state index contributed by atoms with van der Waals surface area (Å²) in [6.07, 6.45) is 4.21. The summed E-state index contributed by atoms with van der Waals surface area (Å²) in [5.41, 5.74) is 0. The van der Waals surface area contributed by atoms with E-state index in [9.17, 15) is 10.2 Å². The summed E-state index contributed by atoms with van der Waals surface area (Å²) in [6, 6.07) is 0. The van der Waals surface area contributed by atoms with Crippen molar-refractivity contribution in [3.63, 3.8) is 0 Å². The van der Waals surface area contributed by atoms with Crippen LogP contribution in [0.25, 0.3) is 0 Å². The van der Waals surface area contributed by atoms with Gasteiger partial charge in [0.1, 0.15) is 24.4 Å². The highest BCUT2D eigenvalue weighted by atomic mass is 16.8. The van der Waals surface area contributed by atoms with E-state index in [-0.39, 0.29) is 6.61 Å². The Labute approximate surface area is 172 Å². The van der Waals surface area contributed by atoms with Gasteiger partial charge in [0.25, 0.3) is 0 Å². The standard InChI is InChI=1S/C21H36O8/c1-2-3-6-11-24-19-16(23)18-17(15(14-22)27-19)28-20(9-4-7-12-25-20)21(29-18)10-5-8-13-26-21/h15-19,22-23H,2-14H2,1H3/t15-,16+,17-,18-,19+,20+,21+/m1/s1. The van der Waals surface area contributed by atoms with Crippen LogP contribution in [-0.2, 0) is 28.4 Å². The lowest BCUT2D eigenvalue weighted by Crippen LogP contribution is -2.75. The maximum Gasteiger partial charge on any atom is 0.224 e. The second kappa shape index (κ2) is 9.44. The van der Waals surface area contributed by atoms with E-state index in [4.69, 9.17) is 28.4 Å². The summed E-state index contributed by atoms with van der Waals surface area (Å²) in [7, 11) is 0. The smallest absolute Gasteiger partial charge is 0.224 e. The first kappa shape index (κ1) is 21.9. The van der Waals surface area contributed by atoms with Crippen LogP contribution in [0, 0.1) is 0 Å². The molecule has 168 valence electrons. The Morgan fingerprint density at radius 1 is 0.931 bits per heavy atom. The van der Waals surface area contributed by atoms with Gasteiger partial charge in [-0.05, 0) is 32.1 Å². The van der Waals surface area contributed by atoms with Crippen molar-refractivity contribution in [1.29, 1.82) is 0 Å². The van der Waals surface area contributed by atoms with Gasteiger partial charge in [0.15, 0.2) is 6.29 Å². The van der Waals surface area contributed by atoms with Gasteiger partial charge in [-0.15, -0.1) is 0 Å². The van der Waals surface area contributed by atoms with Crippen molar-refractivity contribution < 1.29 is 38.6 Å². The molecule has 0 bridgehead atoms. The molecule has 2 N–H and O–H groups in total. The lowest BCUT2D eigenvalue weighted by atomic mass is 9.86. The number of unbranched alkanes of at least 4 members (excludes halogenated alkanes) is 2. The van der Waals surface area contributed by atoms with Gasteiger partial charge in [-0.25, -0.2) is 0 Å². The van der Waals surface area contributed by atoms with Gasteiger partial charge in [0, 0.05) is 19.4 Å². The molecule has 4 aliphatic heterocycles. The van der Waals surface area contributed by atoms with Gasteiger partial charge < -0.3 is 38.6 Å². The zero-order chi connectivity index (χ0) is 20.3. The Balaban J connectivity index is 1.55. The molecule has 0 aliphatic carbocycles. The maximum absolute atomic E-state index is 11.0. The number of hydrogen-bond donors (Lipinski definition) is 2. The first-order valence-electron chi connectivity index (χ1n) is 11.3. The summed E-state index contributed by atoms with van der Waals surface area (Å²) in [5, 5.41) is 21.0. The fourth-order valence-electron chi connectivity index (χ4n) is 4.95. The predicted octanol–water partition coefficient (Wildman–Crippen LogP) is 1.85. The van der Waals surface area contributed by atoms with Crippen molar-refractivity contribution in [3.8, 4) is 0 Å². The number of aliphatic hydroxyl groups excluding tert-OH is 2. The topological polar surface area (TPSA) is 95.8 Å². The molecule has 4 fully saturated rings. The lowest BCUT2D eigenvalue weighted by molar-refractivity contribution is -0.505. The molecule has 4 rings (SSSR count). The van der Waals surface area contributed by atoms with Crippen LogP contribution in [0.3, 0.4) is 0 Å². The molecule has 0 aromatic heterocycles. The Hall–Kier alpha value is -0.320. The minimum absolute atomic E-state index is 0.254. The number of ether oxygens (including phenoxy) is 6. The molecular formula is C21H36O8. The lowest BCUT2D eigenvalue weighted by Gasteiger charge is -2.60. The van der Waals surface area contributed by atoms with Crippen molar-refractivity contribution in [2.45, 2.75) is 107 Å². The molecule has 0 amide bonds. The Morgan fingerprint density at radius 3 is 2.14 bits per heavy atom. The molecule has 8 heteroatoms. The molecule has 29 heavy (non-hydrogen) atoms. The van der Waals surface area contributed by atoms with Crippen molar-refractivity contribution in [2.75, 3.05) is 26.4 Å². The van der Waals surface area contributed by atoms with Gasteiger partial charge in [-0.3, -0.25) is 0 Å². The molecule has 8 nitrogen and oxygen atoms in total. The number of hydrogen-bond acceptors (Lipinski definition) is 8. The fraction of sp³-hybridized carbons (Fsp3) is 1.00. The molecule has 0 radical (unpaired) electrons. The van der Waals surface area contributed by atoms with E-state index in [0.717, 1.165) is 44.9 Å². The predicted molar refractivity (Wildman–Crippen MR) is 102 cm³/mol. The molecule has 4 aliphatic rings. The Kier molecular flexibility index (Phi) is 7.13. The van der Waals surface area contributed by atoms with Crippen molar-refractivity contribution in [3.05, 3.63) is 0 Å². The SMILES string of the molecule is CCCCCO[C@H]1O[C@H](CO)[C@H]2O[C@@]3(CCCCO3)[C@]3(CCCCO3)O[C@@H]2[C@@H]1O. The summed E-state index contributed by atoms with van der Waals surface area (Å²) in [5.74, 6) is -2.07. The Bertz CT molecular complexity index is 517. The van der Waals surface area contributed by atoms with Crippen LogP contribution >= 0.6 is 0 Å². The number of aliphatic hydroxyl groups is 2. The van der Waals surface area contributed by atoms with E-state index >= 15 is 0 Å². The van der Waals surface area contributed by atoms with E-state index in [0.29, 0.717) is 32.7 Å². The third kappa shape index (κ3) is 4.11. The van der Waals surface area contributed by atoms with Crippen LogP contribution < -0.4 is 0 Å². The molecule has 0 aromatic carbocycles. The van der Waals surface area contributed by atoms with Crippen LogP contribution in [0.15, 0.2) is 0 Å². The number of rotatable bonds is 6. The minimum Gasteiger partial charge on any atom is -0.394 e.